The number of nitrogens with zero attached hydrogens (tertiary/aromatic N) is 1. The highest BCUT2D eigenvalue weighted by Gasteiger charge is 2.16. The van der Waals surface area contributed by atoms with Crippen LogP contribution in [0.4, 0.5) is 10.8 Å². The van der Waals surface area contributed by atoms with Gasteiger partial charge in [-0.1, -0.05) is 18.2 Å². The predicted molar refractivity (Wildman–Crippen MR) is 128 cm³/mol. The number of halogens is 1. The topological polar surface area (TPSA) is 71.5 Å². The smallest absolute Gasteiger partial charge is 0.308 e. The Morgan fingerprint density at radius 3 is 2.30 bits per heavy atom. The molecule has 5 nitrogen and oxygen atoms in total. The van der Waals surface area contributed by atoms with E-state index in [2.05, 4.69) is 32.9 Å². The summed E-state index contributed by atoms with van der Waals surface area (Å²) in [6.45, 7) is 0. The minimum absolute atomic E-state index is 0.0797. The molecule has 0 aliphatic rings. The average molecular weight is 528 g/mol. The van der Waals surface area contributed by atoms with Crippen LogP contribution in [0.3, 0.4) is 0 Å². The lowest BCUT2D eigenvalue weighted by Gasteiger charge is -2.06. The first-order valence-electron chi connectivity index (χ1n) is 9.14. The summed E-state index contributed by atoms with van der Waals surface area (Å²) in [5.41, 5.74) is 2.42. The molecular weight excluding hydrogens is 511 g/mol. The molecule has 4 aromatic rings. The molecule has 4 rings (SSSR count). The molecule has 1 heterocycles. The fraction of sp³-hybridized carbons (Fsp3) is 0.0435. The molecule has 1 aromatic heterocycles. The van der Waals surface area contributed by atoms with Crippen LogP contribution in [-0.2, 0) is 11.2 Å². The second kappa shape index (κ2) is 9.27. The van der Waals surface area contributed by atoms with E-state index in [0.29, 0.717) is 21.5 Å². The van der Waals surface area contributed by atoms with Gasteiger partial charge in [0.05, 0.1) is 12.1 Å². The monoisotopic (exact) mass is 528 g/mol. The average Bonchev–Trinajstić information content (AvgIpc) is 3.12. The van der Waals surface area contributed by atoms with Gasteiger partial charge in [0.15, 0.2) is 5.13 Å². The largest absolute Gasteiger partial charge is 0.481 e. The molecule has 0 spiro atoms. The molecule has 150 valence electrons. The summed E-state index contributed by atoms with van der Waals surface area (Å²) in [5, 5.41) is 13.2. The summed E-state index contributed by atoms with van der Waals surface area (Å²) in [6, 6.07) is 25.0. The third-order valence-corrected chi connectivity index (χ3v) is 5.90. The van der Waals surface area contributed by atoms with E-state index >= 15 is 0 Å². The van der Waals surface area contributed by atoms with Gasteiger partial charge >= 0.3 is 5.97 Å². The van der Waals surface area contributed by atoms with Crippen molar-refractivity contribution in [1.29, 1.82) is 0 Å². The van der Waals surface area contributed by atoms with Gasteiger partial charge in [-0.15, -0.1) is 11.3 Å². The molecule has 30 heavy (non-hydrogen) atoms. The van der Waals surface area contributed by atoms with Crippen molar-refractivity contribution in [1.82, 2.24) is 4.98 Å². The number of carboxylic acid groups (broad SMARTS) is 1. The minimum Gasteiger partial charge on any atom is -0.481 e. The maximum absolute atomic E-state index is 11.4. The first-order valence-corrected chi connectivity index (χ1v) is 11.0. The van der Waals surface area contributed by atoms with Crippen LogP contribution in [0.1, 0.15) is 4.88 Å². The summed E-state index contributed by atoms with van der Waals surface area (Å²) in [4.78, 5) is 16.7. The number of nitrogens with one attached hydrogen (secondary N) is 1. The molecule has 0 saturated carbocycles. The Hall–Kier alpha value is -2.91. The van der Waals surface area contributed by atoms with Gasteiger partial charge in [0.1, 0.15) is 11.5 Å². The molecule has 3 aromatic carbocycles. The third kappa shape index (κ3) is 5.17. The third-order valence-electron chi connectivity index (χ3n) is 4.21. The zero-order valence-corrected chi connectivity index (χ0v) is 18.7. The molecule has 2 N–H and O–H groups in total. The van der Waals surface area contributed by atoms with Gasteiger partial charge < -0.3 is 15.2 Å². The van der Waals surface area contributed by atoms with Crippen LogP contribution >= 0.6 is 33.9 Å². The number of benzene rings is 3. The quantitative estimate of drug-likeness (QED) is 0.265. The van der Waals surface area contributed by atoms with Crippen molar-refractivity contribution in [3.8, 4) is 22.8 Å². The van der Waals surface area contributed by atoms with E-state index in [9.17, 15) is 9.90 Å². The maximum Gasteiger partial charge on any atom is 0.308 e. The Bertz CT molecular complexity index is 1140. The van der Waals surface area contributed by atoms with Crippen molar-refractivity contribution in [2.75, 3.05) is 5.32 Å². The van der Waals surface area contributed by atoms with E-state index in [4.69, 9.17) is 4.74 Å². The molecule has 0 saturated heterocycles. The van der Waals surface area contributed by atoms with Crippen LogP contribution in [0.2, 0.25) is 0 Å². The number of ether oxygens (including phenoxy) is 1. The lowest BCUT2D eigenvalue weighted by Crippen LogP contribution is -1.99. The first-order chi connectivity index (χ1) is 14.6. The van der Waals surface area contributed by atoms with Gasteiger partial charge in [-0.05, 0) is 83.3 Å². The predicted octanol–water partition coefficient (Wildman–Crippen LogP) is 6.58. The first kappa shape index (κ1) is 20.4. The standard InChI is InChI=1S/C23H17IN2O3S/c24-16-8-10-17(11-9-16)25-23-26-22(20(30-23)14-21(27)28)15-6-12-19(13-7-15)29-18-4-2-1-3-5-18/h1-13H,14H2,(H,25,26)(H,27,28). The van der Waals surface area contributed by atoms with Crippen molar-refractivity contribution in [3.05, 3.63) is 87.3 Å². The van der Waals surface area contributed by atoms with Gasteiger partial charge in [-0.2, -0.15) is 0 Å². The Kier molecular flexibility index (Phi) is 6.29. The number of anilines is 2. The number of hydrogen-bond donors (Lipinski definition) is 2. The van der Waals surface area contributed by atoms with Crippen molar-refractivity contribution < 1.29 is 14.6 Å². The lowest BCUT2D eigenvalue weighted by molar-refractivity contribution is -0.136. The molecule has 7 heteroatoms. The highest BCUT2D eigenvalue weighted by molar-refractivity contribution is 14.1. The Morgan fingerprint density at radius 2 is 1.63 bits per heavy atom. The molecule has 0 amide bonds. The second-order valence-corrected chi connectivity index (χ2v) is 8.76. The van der Waals surface area contributed by atoms with Gasteiger partial charge in [-0.3, -0.25) is 4.79 Å². The van der Waals surface area contributed by atoms with E-state index in [1.807, 2.05) is 78.9 Å². The normalized spacial score (nSPS) is 10.6. The molecule has 0 bridgehead atoms. The number of para-hydroxylation sites is 1. The van der Waals surface area contributed by atoms with E-state index < -0.39 is 5.97 Å². The lowest BCUT2D eigenvalue weighted by atomic mass is 10.1. The summed E-state index contributed by atoms with van der Waals surface area (Å²) < 4.78 is 6.97. The fourth-order valence-electron chi connectivity index (χ4n) is 2.85. The Balaban J connectivity index is 1.59. The van der Waals surface area contributed by atoms with E-state index in [-0.39, 0.29) is 6.42 Å². The van der Waals surface area contributed by atoms with Crippen LogP contribution in [0.5, 0.6) is 11.5 Å². The zero-order valence-electron chi connectivity index (χ0n) is 15.7. The van der Waals surface area contributed by atoms with Gasteiger partial charge in [0.25, 0.3) is 0 Å². The van der Waals surface area contributed by atoms with Crippen molar-refractivity contribution in [3.63, 3.8) is 0 Å². The van der Waals surface area contributed by atoms with Gasteiger partial charge in [0.2, 0.25) is 0 Å². The molecule has 0 radical (unpaired) electrons. The van der Waals surface area contributed by atoms with E-state index in [1.54, 1.807) is 0 Å². The number of aromatic nitrogens is 1. The van der Waals surface area contributed by atoms with Crippen molar-refractivity contribution >= 4 is 50.7 Å². The second-order valence-electron chi connectivity index (χ2n) is 6.43. The molecule has 0 atom stereocenters. The van der Waals surface area contributed by atoms with Crippen LogP contribution in [0, 0.1) is 3.57 Å². The number of carboxylic acids is 1. The summed E-state index contributed by atoms with van der Waals surface area (Å²) >= 11 is 3.60. The molecule has 0 unspecified atom stereocenters. The van der Waals surface area contributed by atoms with E-state index in [0.717, 1.165) is 20.6 Å². The van der Waals surface area contributed by atoms with Gasteiger partial charge in [-0.25, -0.2) is 4.98 Å². The van der Waals surface area contributed by atoms with Crippen LogP contribution in [0.25, 0.3) is 11.3 Å². The number of rotatable bonds is 7. The molecular formula is C23H17IN2O3S. The zero-order chi connectivity index (χ0) is 20.9. The Labute approximate surface area is 191 Å². The molecule has 0 aliphatic heterocycles. The summed E-state index contributed by atoms with van der Waals surface area (Å²) in [6.07, 6.45) is -0.0797. The van der Waals surface area contributed by atoms with Crippen molar-refractivity contribution in [2.24, 2.45) is 0 Å². The Morgan fingerprint density at radius 1 is 0.967 bits per heavy atom. The van der Waals surface area contributed by atoms with Crippen LogP contribution < -0.4 is 10.1 Å². The fourth-order valence-corrected chi connectivity index (χ4v) is 4.20. The summed E-state index contributed by atoms with van der Waals surface area (Å²) in [7, 11) is 0. The maximum atomic E-state index is 11.4. The van der Waals surface area contributed by atoms with Crippen molar-refractivity contribution in [2.45, 2.75) is 6.42 Å². The molecule has 0 fully saturated rings. The highest BCUT2D eigenvalue weighted by atomic mass is 127. The summed E-state index contributed by atoms with van der Waals surface area (Å²) in [5.74, 6) is 0.580. The van der Waals surface area contributed by atoms with E-state index in [1.165, 1.54) is 11.3 Å². The number of aliphatic carboxylic acids is 1. The highest BCUT2D eigenvalue weighted by Crippen LogP contribution is 2.34. The minimum atomic E-state index is -0.884. The number of hydrogen-bond acceptors (Lipinski definition) is 5. The number of thiazole rings is 1. The molecule has 0 aliphatic carbocycles. The number of carbonyl (C=O) groups is 1. The van der Waals surface area contributed by atoms with Gasteiger partial charge in [0, 0.05) is 19.7 Å². The van der Waals surface area contributed by atoms with Crippen LogP contribution in [-0.4, -0.2) is 16.1 Å². The van der Waals surface area contributed by atoms with Crippen LogP contribution in [0.15, 0.2) is 78.9 Å². The SMILES string of the molecule is O=C(O)Cc1sc(Nc2ccc(I)cc2)nc1-c1ccc(Oc2ccccc2)cc1.